The number of hydrogen-bond donors (Lipinski definition) is 1. The molecule has 0 saturated carbocycles. The summed E-state index contributed by atoms with van der Waals surface area (Å²) in [5.74, 6) is -1.05. The van der Waals surface area contributed by atoms with Gasteiger partial charge in [0.15, 0.2) is 0 Å². The van der Waals surface area contributed by atoms with Gasteiger partial charge in [0.1, 0.15) is 6.04 Å². The smallest absolute Gasteiger partial charge is 0.322 e. The van der Waals surface area contributed by atoms with Crippen LogP contribution in [0.15, 0.2) is 0 Å². The summed E-state index contributed by atoms with van der Waals surface area (Å²) in [6.07, 6.45) is 2.60. The molecule has 0 aliphatic carbocycles. The Balaban J connectivity index is 2.81. The van der Waals surface area contributed by atoms with Crippen molar-refractivity contribution in [2.75, 3.05) is 40.3 Å². The van der Waals surface area contributed by atoms with Crippen LogP contribution in [0.2, 0.25) is 0 Å². The Kier molecular flexibility index (Phi) is 7.05. The molecule has 0 spiro atoms. The summed E-state index contributed by atoms with van der Waals surface area (Å²) in [6.45, 7) is 3.66. The molecule has 1 saturated heterocycles. The first-order chi connectivity index (χ1) is 9.80. The SMILES string of the molecule is CCN(CCCN(C)C)S(=O)(=O)N1CCCCC1C(=O)O. The van der Waals surface area contributed by atoms with Gasteiger partial charge in [-0.05, 0) is 46.3 Å². The van der Waals surface area contributed by atoms with E-state index < -0.39 is 22.2 Å². The van der Waals surface area contributed by atoms with Gasteiger partial charge in [-0.25, -0.2) is 0 Å². The lowest BCUT2D eigenvalue weighted by atomic mass is 10.1. The van der Waals surface area contributed by atoms with Gasteiger partial charge in [-0.1, -0.05) is 6.92 Å². The van der Waals surface area contributed by atoms with Crippen LogP contribution in [0.4, 0.5) is 0 Å². The number of piperidine rings is 1. The molecule has 1 rings (SSSR count). The number of aliphatic carboxylic acids is 1. The van der Waals surface area contributed by atoms with Crippen molar-refractivity contribution >= 4 is 16.2 Å². The molecule has 124 valence electrons. The lowest BCUT2D eigenvalue weighted by molar-refractivity contribution is -0.142. The molecule has 1 aliphatic heterocycles. The molecule has 21 heavy (non-hydrogen) atoms. The minimum absolute atomic E-state index is 0.295. The highest BCUT2D eigenvalue weighted by Gasteiger charge is 2.39. The number of rotatable bonds is 8. The maximum Gasteiger partial charge on any atom is 0.322 e. The molecule has 1 atom stereocenters. The van der Waals surface area contributed by atoms with Gasteiger partial charge in [0, 0.05) is 19.6 Å². The lowest BCUT2D eigenvalue weighted by Crippen LogP contribution is -2.53. The standard InChI is InChI=1S/C13H27N3O4S/c1-4-15(10-7-9-14(2)3)21(19,20)16-11-6-5-8-12(16)13(17)18/h12H,4-11H2,1-3H3,(H,17,18). The number of carbonyl (C=O) groups is 1. The van der Waals surface area contributed by atoms with Gasteiger partial charge in [0.25, 0.3) is 10.2 Å². The van der Waals surface area contributed by atoms with Gasteiger partial charge in [0.05, 0.1) is 0 Å². The Hall–Kier alpha value is -0.700. The second kappa shape index (κ2) is 8.07. The van der Waals surface area contributed by atoms with E-state index >= 15 is 0 Å². The maximum atomic E-state index is 12.7. The highest BCUT2D eigenvalue weighted by atomic mass is 32.2. The van der Waals surface area contributed by atoms with Crippen molar-refractivity contribution in [3.8, 4) is 0 Å². The van der Waals surface area contributed by atoms with E-state index in [2.05, 4.69) is 0 Å². The van der Waals surface area contributed by atoms with E-state index in [1.54, 1.807) is 6.92 Å². The van der Waals surface area contributed by atoms with E-state index in [9.17, 15) is 18.3 Å². The molecule has 1 heterocycles. The zero-order valence-electron chi connectivity index (χ0n) is 13.2. The molecular formula is C13H27N3O4S. The van der Waals surface area contributed by atoms with Crippen molar-refractivity contribution in [2.24, 2.45) is 0 Å². The largest absolute Gasteiger partial charge is 0.480 e. The summed E-state index contributed by atoms with van der Waals surface area (Å²) in [4.78, 5) is 13.3. The van der Waals surface area contributed by atoms with E-state index in [0.29, 0.717) is 26.1 Å². The normalized spacial score (nSPS) is 21.1. The Labute approximate surface area is 127 Å². The van der Waals surface area contributed by atoms with Crippen molar-refractivity contribution in [3.05, 3.63) is 0 Å². The molecule has 0 aromatic heterocycles. The summed E-state index contributed by atoms with van der Waals surface area (Å²) in [6, 6.07) is -0.924. The molecule has 1 unspecified atom stereocenters. The van der Waals surface area contributed by atoms with E-state index in [-0.39, 0.29) is 0 Å². The summed E-state index contributed by atoms with van der Waals surface area (Å²) in [5.41, 5.74) is 0. The molecule has 0 aromatic carbocycles. The summed E-state index contributed by atoms with van der Waals surface area (Å²) in [7, 11) is 0.182. The first kappa shape index (κ1) is 18.3. The topological polar surface area (TPSA) is 81.2 Å². The minimum Gasteiger partial charge on any atom is -0.480 e. The molecule has 0 bridgehead atoms. The second-order valence-corrected chi connectivity index (χ2v) is 7.50. The van der Waals surface area contributed by atoms with Crippen molar-refractivity contribution in [3.63, 3.8) is 0 Å². The van der Waals surface area contributed by atoms with Gasteiger partial charge in [0.2, 0.25) is 0 Å². The molecule has 0 aromatic rings. The van der Waals surface area contributed by atoms with Crippen LogP contribution >= 0.6 is 0 Å². The van der Waals surface area contributed by atoms with Crippen molar-refractivity contribution in [2.45, 2.75) is 38.6 Å². The zero-order valence-corrected chi connectivity index (χ0v) is 14.0. The summed E-state index contributed by atoms with van der Waals surface area (Å²) < 4.78 is 27.9. The molecule has 0 amide bonds. The fraction of sp³-hybridized carbons (Fsp3) is 0.923. The van der Waals surface area contributed by atoms with Crippen molar-refractivity contribution in [1.82, 2.24) is 13.5 Å². The van der Waals surface area contributed by atoms with Gasteiger partial charge >= 0.3 is 5.97 Å². The first-order valence-electron chi connectivity index (χ1n) is 7.45. The average molecular weight is 321 g/mol. The molecule has 0 radical (unpaired) electrons. The van der Waals surface area contributed by atoms with Crippen LogP contribution in [0.5, 0.6) is 0 Å². The Morgan fingerprint density at radius 3 is 2.48 bits per heavy atom. The van der Waals surface area contributed by atoms with E-state index in [1.807, 2.05) is 19.0 Å². The predicted octanol–water partition coefficient (Wildman–Crippen LogP) is 0.444. The van der Waals surface area contributed by atoms with Crippen LogP contribution in [0.1, 0.15) is 32.6 Å². The second-order valence-electron chi connectivity index (χ2n) is 5.62. The van der Waals surface area contributed by atoms with Crippen LogP contribution in [-0.2, 0) is 15.0 Å². The monoisotopic (exact) mass is 321 g/mol. The van der Waals surface area contributed by atoms with Gasteiger partial charge in [-0.15, -0.1) is 0 Å². The first-order valence-corrected chi connectivity index (χ1v) is 8.84. The number of carboxylic acids is 1. The van der Waals surface area contributed by atoms with Gasteiger partial charge in [-0.3, -0.25) is 4.79 Å². The molecule has 1 aliphatic rings. The number of carboxylic acid groups (broad SMARTS) is 1. The van der Waals surface area contributed by atoms with Crippen LogP contribution in [0, 0.1) is 0 Å². The van der Waals surface area contributed by atoms with Gasteiger partial charge in [-0.2, -0.15) is 17.0 Å². The average Bonchev–Trinajstić information content (AvgIpc) is 2.43. The van der Waals surface area contributed by atoms with E-state index in [0.717, 1.165) is 30.1 Å². The molecule has 8 heteroatoms. The highest BCUT2D eigenvalue weighted by molar-refractivity contribution is 7.86. The molecule has 1 N–H and O–H groups in total. The predicted molar refractivity (Wildman–Crippen MR) is 81.3 cm³/mol. The zero-order chi connectivity index (χ0) is 16.0. The minimum atomic E-state index is -3.70. The summed E-state index contributed by atoms with van der Waals surface area (Å²) in [5, 5.41) is 9.24. The number of nitrogens with zero attached hydrogens (tertiary/aromatic N) is 3. The highest BCUT2D eigenvalue weighted by Crippen LogP contribution is 2.23. The summed E-state index contributed by atoms with van der Waals surface area (Å²) >= 11 is 0. The van der Waals surface area contributed by atoms with Crippen LogP contribution in [0.25, 0.3) is 0 Å². The van der Waals surface area contributed by atoms with Gasteiger partial charge < -0.3 is 10.0 Å². The van der Waals surface area contributed by atoms with Crippen molar-refractivity contribution < 1.29 is 18.3 Å². The third-order valence-corrected chi connectivity index (χ3v) is 5.85. The number of hydrogen-bond acceptors (Lipinski definition) is 4. The third-order valence-electron chi connectivity index (χ3n) is 3.73. The Morgan fingerprint density at radius 2 is 1.95 bits per heavy atom. The maximum absolute atomic E-state index is 12.7. The van der Waals surface area contributed by atoms with Crippen LogP contribution in [0.3, 0.4) is 0 Å². The Morgan fingerprint density at radius 1 is 1.29 bits per heavy atom. The van der Waals surface area contributed by atoms with Crippen LogP contribution in [-0.4, -0.2) is 79.3 Å². The molecule has 7 nitrogen and oxygen atoms in total. The fourth-order valence-electron chi connectivity index (χ4n) is 2.58. The van der Waals surface area contributed by atoms with E-state index in [1.165, 1.54) is 4.31 Å². The quantitative estimate of drug-likeness (QED) is 0.702. The Bertz CT molecular complexity index is 439. The fourth-order valence-corrected chi connectivity index (χ4v) is 4.44. The van der Waals surface area contributed by atoms with Crippen molar-refractivity contribution in [1.29, 1.82) is 0 Å². The third kappa shape index (κ3) is 4.91. The molecule has 1 fully saturated rings. The molecular weight excluding hydrogens is 294 g/mol. The van der Waals surface area contributed by atoms with E-state index in [4.69, 9.17) is 0 Å². The van der Waals surface area contributed by atoms with Crippen LogP contribution < -0.4 is 0 Å². The lowest BCUT2D eigenvalue weighted by Gasteiger charge is -2.35.